The van der Waals surface area contributed by atoms with Crippen LogP contribution in [0.3, 0.4) is 0 Å². The molecule has 0 saturated heterocycles. The molecule has 0 aliphatic heterocycles. The number of hydrogen-bond acceptors (Lipinski definition) is 4. The van der Waals surface area contributed by atoms with Crippen molar-refractivity contribution < 1.29 is 13.2 Å². The molecule has 102 valence electrons. The third-order valence-electron chi connectivity index (χ3n) is 3.07. The molecule has 5 nitrogen and oxygen atoms in total. The average molecular weight is 264 g/mol. The summed E-state index contributed by atoms with van der Waals surface area (Å²) in [4.78, 5) is 11.2. The van der Waals surface area contributed by atoms with E-state index in [4.69, 9.17) is 5.73 Å². The van der Waals surface area contributed by atoms with E-state index in [0.717, 1.165) is 0 Å². The second-order valence-electron chi connectivity index (χ2n) is 5.41. The number of sulfone groups is 1. The van der Waals surface area contributed by atoms with E-state index in [2.05, 4.69) is 5.32 Å². The predicted octanol–water partition coefficient (Wildman–Crippen LogP) is 0.443. The lowest BCUT2D eigenvalue weighted by Crippen LogP contribution is -2.54. The number of carbonyl (C=O) groups is 1. The highest BCUT2D eigenvalue weighted by molar-refractivity contribution is 7.92. The van der Waals surface area contributed by atoms with Crippen molar-refractivity contribution in [3.8, 4) is 0 Å². The number of nitrogens with one attached hydrogen (secondary N) is 1. The van der Waals surface area contributed by atoms with Crippen molar-refractivity contribution >= 4 is 15.7 Å². The van der Waals surface area contributed by atoms with E-state index < -0.39 is 26.0 Å². The highest BCUT2D eigenvalue weighted by Crippen LogP contribution is 2.16. The first-order valence-corrected chi connectivity index (χ1v) is 7.39. The summed E-state index contributed by atoms with van der Waals surface area (Å²) >= 11 is 0. The highest BCUT2D eigenvalue weighted by atomic mass is 32.2. The van der Waals surface area contributed by atoms with E-state index in [1.807, 2.05) is 6.92 Å². The van der Waals surface area contributed by atoms with Gasteiger partial charge >= 0.3 is 0 Å². The van der Waals surface area contributed by atoms with E-state index in [0.29, 0.717) is 6.42 Å². The lowest BCUT2D eigenvalue weighted by molar-refractivity contribution is -0.123. The molecule has 6 heteroatoms. The van der Waals surface area contributed by atoms with Gasteiger partial charge in [0.1, 0.15) is 0 Å². The quantitative estimate of drug-likeness (QED) is 0.728. The predicted molar refractivity (Wildman–Crippen MR) is 69.4 cm³/mol. The molecule has 0 aliphatic carbocycles. The third kappa shape index (κ3) is 4.27. The van der Waals surface area contributed by atoms with E-state index in [9.17, 15) is 13.2 Å². The maximum absolute atomic E-state index is 11.8. The van der Waals surface area contributed by atoms with Crippen molar-refractivity contribution in [3.63, 3.8) is 0 Å². The van der Waals surface area contributed by atoms with Gasteiger partial charge in [-0.15, -0.1) is 0 Å². The maximum Gasteiger partial charge on any atom is 0.237 e. The molecule has 0 aromatic rings. The molecule has 3 N–H and O–H groups in total. The Bertz CT molecular complexity index is 371. The molecule has 0 spiro atoms. The number of rotatable bonds is 6. The molecule has 0 radical (unpaired) electrons. The van der Waals surface area contributed by atoms with E-state index in [1.165, 1.54) is 0 Å². The summed E-state index contributed by atoms with van der Waals surface area (Å²) in [5, 5.41) is 2.92. The van der Waals surface area contributed by atoms with Crippen LogP contribution in [0.4, 0.5) is 0 Å². The van der Waals surface area contributed by atoms with Crippen LogP contribution in [-0.2, 0) is 14.6 Å². The average Bonchev–Trinajstić information content (AvgIpc) is 2.15. The minimum absolute atomic E-state index is 0.000625. The molecule has 0 fully saturated rings. The van der Waals surface area contributed by atoms with E-state index >= 15 is 0 Å². The molecule has 1 atom stereocenters. The van der Waals surface area contributed by atoms with Crippen molar-refractivity contribution in [2.75, 3.05) is 12.3 Å². The van der Waals surface area contributed by atoms with Gasteiger partial charge in [0, 0.05) is 6.54 Å². The molecule has 0 heterocycles. The Balaban J connectivity index is 4.49. The van der Waals surface area contributed by atoms with Gasteiger partial charge < -0.3 is 11.1 Å². The minimum Gasteiger partial charge on any atom is -0.368 e. The van der Waals surface area contributed by atoms with Gasteiger partial charge in [0.15, 0.2) is 9.84 Å². The van der Waals surface area contributed by atoms with Gasteiger partial charge in [-0.05, 0) is 34.1 Å². The van der Waals surface area contributed by atoms with Gasteiger partial charge in [0.2, 0.25) is 5.91 Å². The number of hydrogen-bond donors (Lipinski definition) is 2. The summed E-state index contributed by atoms with van der Waals surface area (Å²) in [6.07, 6.45) is 0.526. The van der Waals surface area contributed by atoms with Gasteiger partial charge in [-0.3, -0.25) is 4.79 Å². The summed E-state index contributed by atoms with van der Waals surface area (Å²) in [6.45, 7) is 8.72. The van der Waals surface area contributed by atoms with E-state index in [-0.39, 0.29) is 12.3 Å². The fourth-order valence-electron chi connectivity index (χ4n) is 1.15. The maximum atomic E-state index is 11.8. The standard InChI is InChI=1S/C11H24N2O3S/c1-6-11(5,9(12)14)13-7-8-17(15,16)10(2,3)4/h13H,6-8H2,1-5H3,(H2,12,14). The number of carbonyl (C=O) groups excluding carboxylic acids is 1. The van der Waals surface area contributed by atoms with E-state index in [1.54, 1.807) is 27.7 Å². The Morgan fingerprint density at radius 3 is 2.00 bits per heavy atom. The Morgan fingerprint density at radius 1 is 1.24 bits per heavy atom. The van der Waals surface area contributed by atoms with Crippen molar-refractivity contribution in [1.29, 1.82) is 0 Å². The molecule has 0 aromatic heterocycles. The van der Waals surface area contributed by atoms with Crippen LogP contribution in [0.1, 0.15) is 41.0 Å². The Kier molecular flexibility index (Phi) is 5.16. The van der Waals surface area contributed by atoms with Crippen LogP contribution in [0.15, 0.2) is 0 Å². The second-order valence-corrected chi connectivity index (χ2v) is 8.27. The van der Waals surface area contributed by atoms with Crippen LogP contribution >= 0.6 is 0 Å². The molecule has 17 heavy (non-hydrogen) atoms. The zero-order chi connectivity index (χ0) is 13.9. The highest BCUT2D eigenvalue weighted by Gasteiger charge is 2.31. The van der Waals surface area contributed by atoms with Gasteiger partial charge in [-0.25, -0.2) is 8.42 Å². The second kappa shape index (κ2) is 5.35. The topological polar surface area (TPSA) is 89.3 Å². The molecule has 0 aliphatic rings. The largest absolute Gasteiger partial charge is 0.368 e. The van der Waals surface area contributed by atoms with Crippen molar-refractivity contribution in [2.24, 2.45) is 5.73 Å². The van der Waals surface area contributed by atoms with Crippen LogP contribution in [0.25, 0.3) is 0 Å². The third-order valence-corrected chi connectivity index (χ3v) is 5.68. The van der Waals surface area contributed by atoms with Crippen LogP contribution in [0.2, 0.25) is 0 Å². The molecule has 0 bridgehead atoms. The van der Waals surface area contributed by atoms with Gasteiger partial charge in [-0.2, -0.15) is 0 Å². The smallest absolute Gasteiger partial charge is 0.237 e. The van der Waals surface area contributed by atoms with Gasteiger partial charge in [0.05, 0.1) is 16.0 Å². The molecular formula is C11H24N2O3S. The van der Waals surface area contributed by atoms with Crippen LogP contribution in [0.5, 0.6) is 0 Å². The lowest BCUT2D eigenvalue weighted by atomic mass is 9.98. The molecular weight excluding hydrogens is 240 g/mol. The Hall–Kier alpha value is -0.620. The SMILES string of the molecule is CCC(C)(NCCS(=O)(=O)C(C)(C)C)C(N)=O. The number of amides is 1. The first-order valence-electron chi connectivity index (χ1n) is 5.73. The van der Waals surface area contributed by atoms with Crippen LogP contribution < -0.4 is 11.1 Å². The summed E-state index contributed by atoms with van der Waals surface area (Å²) in [6, 6.07) is 0. The van der Waals surface area contributed by atoms with Crippen molar-refractivity contribution in [2.45, 2.75) is 51.3 Å². The van der Waals surface area contributed by atoms with Crippen molar-refractivity contribution in [3.05, 3.63) is 0 Å². The molecule has 1 unspecified atom stereocenters. The fraction of sp³-hybridized carbons (Fsp3) is 0.909. The normalized spacial score (nSPS) is 16.5. The van der Waals surface area contributed by atoms with Gasteiger partial charge in [0.25, 0.3) is 0 Å². The summed E-state index contributed by atoms with van der Waals surface area (Å²) in [5.41, 5.74) is 4.43. The first-order chi connectivity index (χ1) is 7.46. The summed E-state index contributed by atoms with van der Waals surface area (Å²) < 4.78 is 22.9. The van der Waals surface area contributed by atoms with Gasteiger partial charge in [-0.1, -0.05) is 6.92 Å². The van der Waals surface area contributed by atoms with Crippen LogP contribution in [0, 0.1) is 0 Å². The first kappa shape index (κ1) is 16.4. The fourth-order valence-corrected chi connectivity index (χ4v) is 2.14. The van der Waals surface area contributed by atoms with Crippen molar-refractivity contribution in [1.82, 2.24) is 5.32 Å². The molecule has 0 aromatic carbocycles. The molecule has 0 saturated carbocycles. The lowest BCUT2D eigenvalue weighted by Gasteiger charge is -2.27. The minimum atomic E-state index is -3.17. The monoisotopic (exact) mass is 264 g/mol. The Labute approximate surface area is 104 Å². The molecule has 1 amide bonds. The summed E-state index contributed by atoms with van der Waals surface area (Å²) in [5.74, 6) is -0.465. The zero-order valence-corrected chi connectivity index (χ0v) is 12.1. The number of primary amides is 1. The zero-order valence-electron chi connectivity index (χ0n) is 11.3. The Morgan fingerprint density at radius 2 is 1.71 bits per heavy atom. The summed E-state index contributed by atoms with van der Waals surface area (Å²) in [7, 11) is -3.17. The number of nitrogens with two attached hydrogens (primary N) is 1. The molecule has 0 rings (SSSR count). The van der Waals surface area contributed by atoms with Crippen LogP contribution in [-0.4, -0.2) is 36.9 Å².